The van der Waals surface area contributed by atoms with Crippen LogP contribution < -0.4 is 11.2 Å². The smallest absolute Gasteiger partial charge is 0.297 e. The van der Waals surface area contributed by atoms with Gasteiger partial charge in [0, 0.05) is 11.3 Å². The Hall–Kier alpha value is -0.680. The summed E-state index contributed by atoms with van der Waals surface area (Å²) in [6.45, 7) is 6.43. The summed E-state index contributed by atoms with van der Waals surface area (Å²) in [7, 11) is 0. The van der Waals surface area contributed by atoms with Crippen LogP contribution in [0.15, 0.2) is 9.59 Å². The summed E-state index contributed by atoms with van der Waals surface area (Å²) in [5.74, 6) is 0. The summed E-state index contributed by atoms with van der Waals surface area (Å²) in [5, 5.41) is 0.163. The van der Waals surface area contributed by atoms with Crippen LogP contribution in [0.3, 0.4) is 0 Å². The van der Waals surface area contributed by atoms with Crippen molar-refractivity contribution in [1.29, 1.82) is 0 Å². The maximum absolute atomic E-state index is 12.3. The number of hydrogen-bond donors (Lipinski definition) is 1. The van der Waals surface area contributed by atoms with Gasteiger partial charge in [0.1, 0.15) is 5.15 Å². The predicted octanol–water partition coefficient (Wildman–Crippen LogP) is 2.67. The van der Waals surface area contributed by atoms with E-state index in [4.69, 9.17) is 11.6 Å². The van der Waals surface area contributed by atoms with E-state index in [9.17, 15) is 9.59 Å². The number of hydrogen-bond acceptors (Lipinski definition) is 3. The molecule has 1 rings (SSSR count). The van der Waals surface area contributed by atoms with E-state index in [1.807, 2.05) is 13.2 Å². The number of aromatic amines is 1. The molecule has 0 aliphatic carbocycles. The molecule has 0 radical (unpaired) electrons. The van der Waals surface area contributed by atoms with Gasteiger partial charge in [-0.3, -0.25) is 14.3 Å². The second-order valence-electron chi connectivity index (χ2n) is 4.56. The third-order valence-corrected chi connectivity index (χ3v) is 5.65. The van der Waals surface area contributed by atoms with Crippen LogP contribution in [0.1, 0.15) is 39.2 Å². The quantitative estimate of drug-likeness (QED) is 0.822. The lowest BCUT2D eigenvalue weighted by Gasteiger charge is -2.30. The number of aromatic nitrogens is 2. The van der Waals surface area contributed by atoms with Crippen molar-refractivity contribution >= 4 is 23.4 Å². The van der Waals surface area contributed by atoms with Crippen LogP contribution in [0.4, 0.5) is 0 Å². The monoisotopic (exact) mass is 304 g/mol. The Morgan fingerprint density at radius 1 is 1.26 bits per heavy atom. The van der Waals surface area contributed by atoms with Crippen LogP contribution in [0.5, 0.6) is 0 Å². The van der Waals surface area contributed by atoms with Crippen molar-refractivity contribution in [3.8, 4) is 0 Å². The molecule has 108 valence electrons. The maximum atomic E-state index is 12.3. The van der Waals surface area contributed by atoms with Gasteiger partial charge in [0.15, 0.2) is 0 Å². The number of rotatable bonds is 6. The van der Waals surface area contributed by atoms with E-state index in [2.05, 4.69) is 18.8 Å². The Kier molecular flexibility index (Phi) is 5.74. The van der Waals surface area contributed by atoms with Gasteiger partial charge in [-0.05, 0) is 25.5 Å². The summed E-state index contributed by atoms with van der Waals surface area (Å²) >= 11 is 7.61. The van der Waals surface area contributed by atoms with Gasteiger partial charge in [0.25, 0.3) is 5.56 Å². The fourth-order valence-electron chi connectivity index (χ4n) is 2.15. The van der Waals surface area contributed by atoms with E-state index in [1.165, 1.54) is 4.57 Å². The molecule has 0 fully saturated rings. The molecule has 1 heterocycles. The Morgan fingerprint density at radius 3 is 2.26 bits per heavy atom. The number of thioether (sulfide) groups is 1. The minimum atomic E-state index is -0.424. The van der Waals surface area contributed by atoms with Crippen LogP contribution >= 0.6 is 23.4 Å². The molecule has 1 aromatic heterocycles. The summed E-state index contributed by atoms with van der Waals surface area (Å²) in [4.78, 5) is 26.8. The van der Waals surface area contributed by atoms with Crippen molar-refractivity contribution in [2.45, 2.75) is 51.3 Å². The molecular weight excluding hydrogens is 284 g/mol. The third-order valence-electron chi connectivity index (χ3n) is 3.75. The molecule has 1 N–H and O–H groups in total. The SMILES string of the molecule is CCc1c(Cl)[nH]c(=O)n(CC(CC)(CC)SC)c1=O. The lowest BCUT2D eigenvalue weighted by molar-refractivity contribution is 0.444. The molecule has 0 aromatic carbocycles. The number of nitrogens with one attached hydrogen (secondary N) is 1. The molecule has 0 amide bonds. The van der Waals surface area contributed by atoms with Crippen molar-refractivity contribution in [3.63, 3.8) is 0 Å². The zero-order chi connectivity index (χ0) is 14.6. The molecular formula is C13H21ClN2O2S. The highest BCUT2D eigenvalue weighted by Crippen LogP contribution is 2.31. The van der Waals surface area contributed by atoms with Gasteiger partial charge in [-0.2, -0.15) is 11.8 Å². The van der Waals surface area contributed by atoms with E-state index in [1.54, 1.807) is 11.8 Å². The van der Waals surface area contributed by atoms with Crippen molar-refractivity contribution in [2.75, 3.05) is 6.26 Å². The zero-order valence-electron chi connectivity index (χ0n) is 11.9. The first-order chi connectivity index (χ1) is 8.94. The molecule has 0 saturated heterocycles. The third kappa shape index (κ3) is 3.26. The summed E-state index contributed by atoms with van der Waals surface area (Å²) < 4.78 is 1.20. The van der Waals surface area contributed by atoms with Crippen LogP contribution in [0.2, 0.25) is 5.15 Å². The van der Waals surface area contributed by atoms with E-state index in [0.29, 0.717) is 18.5 Å². The molecule has 19 heavy (non-hydrogen) atoms. The fraction of sp³-hybridized carbons (Fsp3) is 0.692. The Bertz CT molecular complexity index is 538. The second kappa shape index (κ2) is 6.66. The van der Waals surface area contributed by atoms with E-state index >= 15 is 0 Å². The van der Waals surface area contributed by atoms with E-state index < -0.39 is 5.69 Å². The lowest BCUT2D eigenvalue weighted by atomic mass is 10.0. The highest BCUT2D eigenvalue weighted by Gasteiger charge is 2.27. The van der Waals surface area contributed by atoms with Gasteiger partial charge < -0.3 is 0 Å². The minimum Gasteiger partial charge on any atom is -0.297 e. The van der Waals surface area contributed by atoms with Gasteiger partial charge >= 0.3 is 5.69 Å². The Balaban J connectivity index is 3.36. The maximum Gasteiger partial charge on any atom is 0.329 e. The molecule has 6 heteroatoms. The predicted molar refractivity (Wildman–Crippen MR) is 82.5 cm³/mol. The van der Waals surface area contributed by atoms with Gasteiger partial charge in [-0.25, -0.2) is 4.79 Å². The number of halogens is 1. The standard InChI is InChI=1S/C13H21ClN2O2S/c1-5-9-10(14)15-12(18)16(11(9)17)8-13(6-2,7-3)19-4/h5-8H2,1-4H3,(H,15,18). The topological polar surface area (TPSA) is 54.9 Å². The number of H-pyrrole nitrogens is 1. The molecule has 4 nitrogen and oxygen atoms in total. The number of nitrogens with zero attached hydrogens (tertiary/aromatic N) is 1. The van der Waals surface area contributed by atoms with Crippen molar-refractivity contribution in [1.82, 2.24) is 9.55 Å². The largest absolute Gasteiger partial charge is 0.329 e. The molecule has 0 saturated carbocycles. The highest BCUT2D eigenvalue weighted by atomic mass is 35.5. The van der Waals surface area contributed by atoms with Crippen LogP contribution in [-0.2, 0) is 13.0 Å². The summed E-state index contributed by atoms with van der Waals surface area (Å²) in [6.07, 6.45) is 4.34. The van der Waals surface area contributed by atoms with Crippen molar-refractivity contribution < 1.29 is 0 Å². The average molecular weight is 305 g/mol. The first-order valence-corrected chi connectivity index (χ1v) is 8.11. The summed E-state index contributed by atoms with van der Waals surface area (Å²) in [6, 6.07) is 0. The normalized spacial score (nSPS) is 11.8. The minimum absolute atomic E-state index is 0.0876. The fourth-order valence-corrected chi connectivity index (χ4v) is 3.28. The second-order valence-corrected chi connectivity index (χ2v) is 6.21. The molecule has 0 aliphatic heterocycles. The van der Waals surface area contributed by atoms with Gasteiger partial charge in [0.2, 0.25) is 0 Å². The van der Waals surface area contributed by atoms with Crippen LogP contribution in [-0.4, -0.2) is 20.6 Å². The molecule has 0 aliphatic rings. The van der Waals surface area contributed by atoms with E-state index in [-0.39, 0.29) is 15.5 Å². The molecule has 0 atom stereocenters. The van der Waals surface area contributed by atoms with Crippen LogP contribution in [0.25, 0.3) is 0 Å². The molecule has 0 spiro atoms. The first-order valence-electron chi connectivity index (χ1n) is 6.51. The van der Waals surface area contributed by atoms with Gasteiger partial charge in [-0.1, -0.05) is 32.4 Å². The van der Waals surface area contributed by atoms with E-state index in [0.717, 1.165) is 12.8 Å². The average Bonchev–Trinajstić information content (AvgIpc) is 2.40. The molecule has 0 unspecified atom stereocenters. The summed E-state index contributed by atoms with van der Waals surface area (Å²) in [5.41, 5.74) is -0.215. The zero-order valence-corrected chi connectivity index (χ0v) is 13.5. The lowest BCUT2D eigenvalue weighted by Crippen LogP contribution is -2.43. The van der Waals surface area contributed by atoms with Gasteiger partial charge in [-0.15, -0.1) is 0 Å². The Labute approximate surface area is 122 Å². The van der Waals surface area contributed by atoms with Crippen molar-refractivity contribution in [3.05, 3.63) is 31.6 Å². The molecule has 0 bridgehead atoms. The first kappa shape index (κ1) is 16.4. The Morgan fingerprint density at radius 2 is 1.84 bits per heavy atom. The molecule has 1 aromatic rings. The van der Waals surface area contributed by atoms with Gasteiger partial charge in [0.05, 0.1) is 5.56 Å². The highest BCUT2D eigenvalue weighted by molar-refractivity contribution is 8.00. The van der Waals surface area contributed by atoms with Crippen LogP contribution in [0, 0.1) is 0 Å². The van der Waals surface area contributed by atoms with Crippen molar-refractivity contribution in [2.24, 2.45) is 0 Å².